The highest BCUT2D eigenvalue weighted by Gasteiger charge is 2.18. The lowest BCUT2D eigenvalue weighted by Gasteiger charge is -2.17. The molecule has 0 unspecified atom stereocenters. The van der Waals surface area contributed by atoms with Crippen molar-refractivity contribution in [2.45, 2.75) is 6.42 Å². The number of carbonyl (C=O) groups excluding carboxylic acids is 1. The summed E-state index contributed by atoms with van der Waals surface area (Å²) < 4.78 is 22.7. The van der Waals surface area contributed by atoms with E-state index >= 15 is 0 Å². The van der Waals surface area contributed by atoms with Crippen LogP contribution in [0.5, 0.6) is 23.0 Å². The van der Waals surface area contributed by atoms with Crippen LogP contribution in [0.2, 0.25) is 0 Å². The number of nitrogens with zero attached hydrogens (tertiary/aromatic N) is 1. The topological polar surface area (TPSA) is 78.9 Å². The summed E-state index contributed by atoms with van der Waals surface area (Å²) >= 11 is 3.45. The maximum Gasteiger partial charge on any atom is 0.256 e. The van der Waals surface area contributed by atoms with Gasteiger partial charge in [0.25, 0.3) is 5.91 Å². The van der Waals surface area contributed by atoms with Gasteiger partial charge in [0.2, 0.25) is 0 Å². The minimum atomic E-state index is -0.247. The highest BCUT2D eigenvalue weighted by molar-refractivity contribution is 9.10. The fourth-order valence-electron chi connectivity index (χ4n) is 3.90. The van der Waals surface area contributed by atoms with E-state index in [4.69, 9.17) is 18.9 Å². The van der Waals surface area contributed by atoms with Gasteiger partial charge in [0, 0.05) is 34.2 Å². The van der Waals surface area contributed by atoms with E-state index in [1.165, 1.54) is 0 Å². The summed E-state index contributed by atoms with van der Waals surface area (Å²) in [4.78, 5) is 17.7. The van der Waals surface area contributed by atoms with Crippen molar-refractivity contribution >= 4 is 38.3 Å². The Balaban J connectivity index is 1.80. The highest BCUT2D eigenvalue weighted by Crippen LogP contribution is 2.37. The molecule has 8 heteroatoms. The molecule has 180 valence electrons. The summed E-state index contributed by atoms with van der Waals surface area (Å²) in [6.45, 7) is 0. The van der Waals surface area contributed by atoms with Gasteiger partial charge in [-0.05, 0) is 63.3 Å². The van der Waals surface area contributed by atoms with Crippen LogP contribution in [0, 0.1) is 0 Å². The molecule has 1 amide bonds. The quantitative estimate of drug-likeness (QED) is 0.303. The number of hydrogen-bond donors (Lipinski definition) is 1. The van der Waals surface area contributed by atoms with Crippen LogP contribution in [0.25, 0.3) is 10.8 Å². The predicted octanol–water partition coefficient (Wildman–Crippen LogP) is 5.87. The molecule has 7 nitrogen and oxygen atoms in total. The lowest BCUT2D eigenvalue weighted by molar-refractivity contribution is 0.102. The molecule has 4 aromatic rings. The van der Waals surface area contributed by atoms with Gasteiger partial charge in [0.1, 0.15) is 0 Å². The van der Waals surface area contributed by atoms with E-state index in [9.17, 15) is 4.79 Å². The second kappa shape index (κ2) is 10.7. The number of fused-ring (bicyclic) bond motifs is 1. The molecular weight excluding hydrogens is 512 g/mol. The van der Waals surface area contributed by atoms with Gasteiger partial charge in [-0.1, -0.05) is 12.1 Å². The van der Waals surface area contributed by atoms with E-state index in [-0.39, 0.29) is 5.91 Å². The first-order chi connectivity index (χ1) is 17.0. The number of anilines is 1. The number of methoxy groups -OCH3 is 4. The third-order valence-corrected chi connectivity index (χ3v) is 6.38. The van der Waals surface area contributed by atoms with Crippen molar-refractivity contribution in [3.63, 3.8) is 0 Å². The average Bonchev–Trinajstić information content (AvgIpc) is 2.88. The molecule has 1 heterocycles. The molecule has 0 radical (unpaired) electrons. The Kier molecular flexibility index (Phi) is 7.41. The molecule has 0 bridgehead atoms. The zero-order chi connectivity index (χ0) is 24.9. The Morgan fingerprint density at radius 2 is 1.49 bits per heavy atom. The van der Waals surface area contributed by atoms with Crippen LogP contribution in [-0.4, -0.2) is 39.3 Å². The maximum absolute atomic E-state index is 13.1. The molecule has 3 aromatic carbocycles. The molecular formula is C27H25BrN2O5. The van der Waals surface area contributed by atoms with Gasteiger partial charge in [-0.2, -0.15) is 0 Å². The molecule has 0 atom stereocenters. The lowest BCUT2D eigenvalue weighted by atomic mass is 10.0. The van der Waals surface area contributed by atoms with Crippen LogP contribution in [-0.2, 0) is 6.42 Å². The largest absolute Gasteiger partial charge is 0.493 e. The first-order valence-electron chi connectivity index (χ1n) is 10.8. The SMILES string of the molecule is COc1cc(Cc2nccc3cc(OC)c(OC)cc23)c(NC(=O)c2ccccc2Br)cc1OC. The van der Waals surface area contributed by atoms with Gasteiger partial charge in [0.05, 0.1) is 39.7 Å². The zero-order valence-electron chi connectivity index (χ0n) is 19.8. The molecule has 0 saturated heterocycles. The van der Waals surface area contributed by atoms with Crippen LogP contribution in [0.3, 0.4) is 0 Å². The number of hydrogen-bond acceptors (Lipinski definition) is 6. The highest BCUT2D eigenvalue weighted by atomic mass is 79.9. The van der Waals surface area contributed by atoms with Crippen molar-refractivity contribution in [1.29, 1.82) is 0 Å². The minimum absolute atomic E-state index is 0.247. The molecule has 0 aliphatic carbocycles. The van der Waals surface area contributed by atoms with Crippen LogP contribution >= 0.6 is 15.9 Å². The maximum atomic E-state index is 13.1. The van der Waals surface area contributed by atoms with E-state index in [1.807, 2.05) is 42.5 Å². The van der Waals surface area contributed by atoms with E-state index in [0.717, 1.165) is 22.0 Å². The monoisotopic (exact) mass is 536 g/mol. The predicted molar refractivity (Wildman–Crippen MR) is 139 cm³/mol. The van der Waals surface area contributed by atoms with E-state index < -0.39 is 0 Å². The Morgan fingerprint density at radius 3 is 2.17 bits per heavy atom. The van der Waals surface area contributed by atoms with Crippen molar-refractivity contribution in [3.05, 3.63) is 82.1 Å². The fourth-order valence-corrected chi connectivity index (χ4v) is 4.36. The molecule has 1 N–H and O–H groups in total. The molecule has 0 fully saturated rings. The third kappa shape index (κ3) is 5.02. The van der Waals surface area contributed by atoms with Gasteiger partial charge in [-0.25, -0.2) is 0 Å². The summed E-state index contributed by atoms with van der Waals surface area (Å²) in [5, 5.41) is 4.91. The van der Waals surface area contributed by atoms with E-state index in [0.29, 0.717) is 45.1 Å². The van der Waals surface area contributed by atoms with Gasteiger partial charge in [0.15, 0.2) is 23.0 Å². The van der Waals surface area contributed by atoms with Gasteiger partial charge >= 0.3 is 0 Å². The molecule has 4 rings (SSSR count). The standard InChI is InChI=1S/C27H25BrN2O5/c1-32-23-12-16-9-10-29-22(19(16)14-25(23)34-3)11-17-13-24(33-2)26(35-4)15-21(17)30-27(31)18-7-5-6-8-20(18)28/h5-10,12-15H,11H2,1-4H3,(H,30,31). The van der Waals surface area contributed by atoms with Crippen molar-refractivity contribution in [3.8, 4) is 23.0 Å². The molecule has 0 aliphatic heterocycles. The number of amides is 1. The number of rotatable bonds is 8. The average molecular weight is 537 g/mol. The Morgan fingerprint density at radius 1 is 0.857 bits per heavy atom. The zero-order valence-corrected chi connectivity index (χ0v) is 21.4. The first kappa shape index (κ1) is 24.3. The van der Waals surface area contributed by atoms with Crippen molar-refractivity contribution in [1.82, 2.24) is 4.98 Å². The summed E-state index contributed by atoms with van der Waals surface area (Å²) in [5.41, 5.74) is 2.75. The Labute approximate surface area is 212 Å². The smallest absolute Gasteiger partial charge is 0.256 e. The molecule has 0 aliphatic rings. The molecule has 1 aromatic heterocycles. The second-order valence-corrected chi connectivity index (χ2v) is 8.52. The Bertz CT molecular complexity index is 1390. The van der Waals surface area contributed by atoms with Crippen molar-refractivity contribution < 1.29 is 23.7 Å². The fraction of sp³-hybridized carbons (Fsp3) is 0.185. The second-order valence-electron chi connectivity index (χ2n) is 7.66. The van der Waals surface area contributed by atoms with Crippen LogP contribution < -0.4 is 24.3 Å². The van der Waals surface area contributed by atoms with Crippen LogP contribution in [0.1, 0.15) is 21.6 Å². The molecule has 35 heavy (non-hydrogen) atoms. The summed E-state index contributed by atoms with van der Waals surface area (Å²) in [5.74, 6) is 2.08. The Hall–Kier alpha value is -3.78. The summed E-state index contributed by atoms with van der Waals surface area (Å²) in [7, 11) is 6.34. The number of carbonyl (C=O) groups is 1. The van der Waals surface area contributed by atoms with Crippen LogP contribution in [0.15, 0.2) is 65.3 Å². The lowest BCUT2D eigenvalue weighted by Crippen LogP contribution is -2.14. The van der Waals surface area contributed by atoms with E-state index in [1.54, 1.807) is 46.8 Å². The van der Waals surface area contributed by atoms with Gasteiger partial charge in [-0.15, -0.1) is 0 Å². The number of benzene rings is 3. The van der Waals surface area contributed by atoms with Gasteiger partial charge in [-0.3, -0.25) is 9.78 Å². The first-order valence-corrected chi connectivity index (χ1v) is 11.6. The summed E-state index contributed by atoms with van der Waals surface area (Å²) in [6.07, 6.45) is 2.18. The number of nitrogens with one attached hydrogen (secondary N) is 1. The number of pyridine rings is 1. The molecule has 0 spiro atoms. The van der Waals surface area contributed by atoms with Crippen LogP contribution in [0.4, 0.5) is 5.69 Å². The van der Waals surface area contributed by atoms with E-state index in [2.05, 4.69) is 26.2 Å². The van der Waals surface area contributed by atoms with Crippen molar-refractivity contribution in [2.75, 3.05) is 33.8 Å². The van der Waals surface area contributed by atoms with Crippen molar-refractivity contribution in [2.24, 2.45) is 0 Å². The number of ether oxygens (including phenoxy) is 4. The normalized spacial score (nSPS) is 10.7. The third-order valence-electron chi connectivity index (χ3n) is 5.69. The molecule has 0 saturated carbocycles. The summed E-state index contributed by atoms with van der Waals surface area (Å²) in [6, 6.07) is 16.6. The number of halogens is 1. The van der Waals surface area contributed by atoms with Gasteiger partial charge < -0.3 is 24.3 Å². The number of aromatic nitrogens is 1. The minimum Gasteiger partial charge on any atom is -0.493 e.